The van der Waals surface area contributed by atoms with Crippen molar-refractivity contribution in [2.24, 2.45) is 17.8 Å². The molecule has 0 saturated carbocycles. The molecule has 214 valence electrons. The standard InChI is InChI=1S/C16H26O4.C15H16O4/c1-5-7-8-13(6-2)10-14(16(19)20)9-11(3)12(4)15(17)18;1-10(14(16)17)8-13(11(2)15(18)19)9-12-6-4-3-5-7-12/h9,11,13H,4-8,10H2,1-3H3,(H,17,18)(H,19,20);3-8,13H,2,9H2,1H3,(H,16,17)(H,18,19). The first-order valence-corrected chi connectivity index (χ1v) is 13.0. The Labute approximate surface area is 231 Å². The van der Waals surface area contributed by atoms with E-state index in [1.54, 1.807) is 6.92 Å². The number of aliphatic carboxylic acids is 4. The topological polar surface area (TPSA) is 149 Å². The van der Waals surface area contributed by atoms with Gasteiger partial charge in [0.1, 0.15) is 0 Å². The van der Waals surface area contributed by atoms with Gasteiger partial charge in [0.05, 0.1) is 0 Å². The molecule has 8 heteroatoms. The Balaban J connectivity index is 0.000000741. The van der Waals surface area contributed by atoms with Crippen LogP contribution in [0.3, 0.4) is 0 Å². The summed E-state index contributed by atoms with van der Waals surface area (Å²) >= 11 is 0. The maximum atomic E-state index is 11.3. The normalized spacial score (nSPS) is 13.7. The molecule has 4 N–H and O–H groups in total. The summed E-state index contributed by atoms with van der Waals surface area (Å²) < 4.78 is 0. The highest BCUT2D eigenvalue weighted by molar-refractivity contribution is 5.90. The van der Waals surface area contributed by atoms with Crippen molar-refractivity contribution in [1.29, 1.82) is 0 Å². The molecular weight excluding hydrogens is 500 g/mol. The van der Waals surface area contributed by atoms with Gasteiger partial charge in [-0.15, -0.1) is 0 Å². The molecule has 39 heavy (non-hydrogen) atoms. The smallest absolute Gasteiger partial charge is 0.331 e. The molecule has 0 saturated heterocycles. The Morgan fingerprint density at radius 2 is 1.41 bits per heavy atom. The van der Waals surface area contributed by atoms with Gasteiger partial charge in [0, 0.05) is 34.1 Å². The van der Waals surface area contributed by atoms with E-state index in [0.29, 0.717) is 24.3 Å². The second kappa shape index (κ2) is 18.3. The van der Waals surface area contributed by atoms with E-state index >= 15 is 0 Å². The third kappa shape index (κ3) is 14.0. The Hall–Kier alpha value is -3.94. The summed E-state index contributed by atoms with van der Waals surface area (Å²) in [5.74, 6) is -4.89. The summed E-state index contributed by atoms with van der Waals surface area (Å²) in [6.07, 6.45) is 7.97. The molecule has 1 aromatic carbocycles. The first-order chi connectivity index (χ1) is 18.2. The van der Waals surface area contributed by atoms with Crippen molar-refractivity contribution in [2.45, 2.75) is 66.2 Å². The van der Waals surface area contributed by atoms with Crippen LogP contribution in [0.1, 0.15) is 65.4 Å². The molecule has 0 aromatic heterocycles. The summed E-state index contributed by atoms with van der Waals surface area (Å²) in [5, 5.41) is 36.0. The lowest BCUT2D eigenvalue weighted by molar-refractivity contribution is -0.134. The minimum Gasteiger partial charge on any atom is -0.478 e. The minimum absolute atomic E-state index is 0.00977. The van der Waals surface area contributed by atoms with Gasteiger partial charge in [0.25, 0.3) is 0 Å². The van der Waals surface area contributed by atoms with Gasteiger partial charge in [-0.1, -0.05) is 102 Å². The predicted molar refractivity (Wildman–Crippen MR) is 151 cm³/mol. The third-order valence-electron chi connectivity index (χ3n) is 6.41. The molecule has 0 amide bonds. The number of unbranched alkanes of at least 4 members (excludes halogenated alkanes) is 1. The van der Waals surface area contributed by atoms with E-state index in [4.69, 9.17) is 15.3 Å². The average Bonchev–Trinajstić information content (AvgIpc) is 2.89. The molecule has 0 aliphatic carbocycles. The van der Waals surface area contributed by atoms with Crippen molar-refractivity contribution >= 4 is 23.9 Å². The van der Waals surface area contributed by atoms with Crippen molar-refractivity contribution in [2.75, 3.05) is 0 Å². The van der Waals surface area contributed by atoms with Crippen LogP contribution in [0.15, 0.2) is 77.9 Å². The fourth-order valence-electron chi connectivity index (χ4n) is 3.76. The Kier molecular flexibility index (Phi) is 16.5. The Bertz CT molecular complexity index is 1070. The zero-order valence-electron chi connectivity index (χ0n) is 23.4. The van der Waals surface area contributed by atoms with Crippen LogP contribution in [-0.2, 0) is 25.6 Å². The van der Waals surface area contributed by atoms with E-state index in [2.05, 4.69) is 27.0 Å². The highest BCUT2D eigenvalue weighted by atomic mass is 16.4. The first kappa shape index (κ1) is 35.1. The molecule has 0 heterocycles. The largest absolute Gasteiger partial charge is 0.478 e. The minimum atomic E-state index is -1.12. The molecule has 1 aromatic rings. The molecule has 3 atom stereocenters. The van der Waals surface area contributed by atoms with Crippen molar-refractivity contribution in [3.05, 3.63) is 83.5 Å². The SMILES string of the molecule is C=C(C(=O)O)C(C)C=C(CC(CC)CCCC)C(=O)O.C=C(C(=O)O)C(C=C(C)C(=O)O)Cc1ccccc1. The second-order valence-electron chi connectivity index (χ2n) is 9.52. The van der Waals surface area contributed by atoms with Crippen LogP contribution < -0.4 is 0 Å². The van der Waals surface area contributed by atoms with E-state index in [1.165, 1.54) is 19.1 Å². The van der Waals surface area contributed by atoms with Gasteiger partial charge in [-0.2, -0.15) is 0 Å². The third-order valence-corrected chi connectivity index (χ3v) is 6.41. The monoisotopic (exact) mass is 542 g/mol. The molecule has 0 spiro atoms. The van der Waals surface area contributed by atoms with Gasteiger partial charge >= 0.3 is 23.9 Å². The fourth-order valence-corrected chi connectivity index (χ4v) is 3.76. The summed E-state index contributed by atoms with van der Waals surface area (Å²) in [4.78, 5) is 44.0. The summed E-state index contributed by atoms with van der Waals surface area (Å²) in [5.41, 5.74) is 1.35. The van der Waals surface area contributed by atoms with Crippen LogP contribution in [0.4, 0.5) is 0 Å². The van der Waals surface area contributed by atoms with E-state index in [-0.39, 0.29) is 16.7 Å². The van der Waals surface area contributed by atoms with Crippen molar-refractivity contribution in [3.63, 3.8) is 0 Å². The molecule has 0 fully saturated rings. The highest BCUT2D eigenvalue weighted by Gasteiger charge is 2.19. The number of carboxylic acid groups (broad SMARTS) is 4. The van der Waals surface area contributed by atoms with Crippen LogP contribution >= 0.6 is 0 Å². The first-order valence-electron chi connectivity index (χ1n) is 13.0. The van der Waals surface area contributed by atoms with Crippen molar-refractivity contribution in [3.8, 4) is 0 Å². The summed E-state index contributed by atoms with van der Waals surface area (Å²) in [6.45, 7) is 14.3. The number of rotatable bonds is 16. The van der Waals surface area contributed by atoms with E-state index in [9.17, 15) is 24.3 Å². The van der Waals surface area contributed by atoms with Crippen LogP contribution in [0.5, 0.6) is 0 Å². The van der Waals surface area contributed by atoms with E-state index in [0.717, 1.165) is 31.2 Å². The van der Waals surface area contributed by atoms with Crippen LogP contribution in [0.2, 0.25) is 0 Å². The second-order valence-corrected chi connectivity index (χ2v) is 9.52. The van der Waals surface area contributed by atoms with Crippen LogP contribution in [-0.4, -0.2) is 44.3 Å². The average molecular weight is 543 g/mol. The zero-order valence-corrected chi connectivity index (χ0v) is 23.4. The maximum Gasteiger partial charge on any atom is 0.331 e. The molecule has 0 bridgehead atoms. The number of hydrogen-bond acceptors (Lipinski definition) is 4. The predicted octanol–water partition coefficient (Wildman–Crippen LogP) is 6.40. The Morgan fingerprint density at radius 1 is 0.846 bits per heavy atom. The molecule has 8 nitrogen and oxygen atoms in total. The number of allylic oxidation sites excluding steroid dienone is 2. The number of carboxylic acids is 4. The zero-order chi connectivity index (χ0) is 30.1. The number of hydrogen-bond donors (Lipinski definition) is 4. The molecule has 0 radical (unpaired) electrons. The lowest BCUT2D eigenvalue weighted by atomic mass is 9.89. The maximum absolute atomic E-state index is 11.3. The van der Waals surface area contributed by atoms with Crippen molar-refractivity contribution in [1.82, 2.24) is 0 Å². The summed E-state index contributed by atoms with van der Waals surface area (Å²) in [6, 6.07) is 9.30. The fraction of sp³-hybridized carbons (Fsp3) is 0.419. The van der Waals surface area contributed by atoms with Gasteiger partial charge in [0.15, 0.2) is 0 Å². The summed E-state index contributed by atoms with van der Waals surface area (Å²) in [7, 11) is 0. The number of benzene rings is 1. The van der Waals surface area contributed by atoms with Gasteiger partial charge in [-0.25, -0.2) is 19.2 Å². The van der Waals surface area contributed by atoms with E-state index in [1.807, 2.05) is 30.3 Å². The van der Waals surface area contributed by atoms with Gasteiger partial charge < -0.3 is 20.4 Å². The lowest BCUT2D eigenvalue weighted by Gasteiger charge is -2.16. The lowest BCUT2D eigenvalue weighted by Crippen LogP contribution is -2.14. The molecule has 1 rings (SSSR count). The van der Waals surface area contributed by atoms with Gasteiger partial charge in [-0.3, -0.25) is 0 Å². The van der Waals surface area contributed by atoms with Crippen molar-refractivity contribution < 1.29 is 39.6 Å². The van der Waals surface area contributed by atoms with Crippen LogP contribution in [0, 0.1) is 17.8 Å². The molecular formula is C31H42O8. The van der Waals surface area contributed by atoms with Crippen LogP contribution in [0.25, 0.3) is 0 Å². The van der Waals surface area contributed by atoms with E-state index < -0.39 is 35.7 Å². The number of carbonyl (C=O) groups is 4. The molecule has 0 aliphatic heterocycles. The van der Waals surface area contributed by atoms with Gasteiger partial charge in [-0.05, 0) is 31.2 Å². The van der Waals surface area contributed by atoms with Gasteiger partial charge in [0.2, 0.25) is 0 Å². The highest BCUT2D eigenvalue weighted by Crippen LogP contribution is 2.24. The molecule has 0 aliphatic rings. The quantitative estimate of drug-likeness (QED) is 0.175. The Morgan fingerprint density at radius 3 is 1.85 bits per heavy atom. The molecule has 3 unspecified atom stereocenters.